The van der Waals surface area contributed by atoms with Gasteiger partial charge in [0.2, 0.25) is 5.88 Å². The first kappa shape index (κ1) is 17.8. The molecule has 4 aromatic rings. The quantitative estimate of drug-likeness (QED) is 0.546. The van der Waals surface area contributed by atoms with Crippen molar-refractivity contribution in [1.82, 2.24) is 14.6 Å². The summed E-state index contributed by atoms with van der Waals surface area (Å²) in [5, 5.41) is 7.82. The topological polar surface area (TPSA) is 60.7 Å². The van der Waals surface area contributed by atoms with E-state index in [1.807, 2.05) is 36.4 Å². The largest absolute Gasteiger partial charge is 0.497 e. The number of hydrogen-bond donors (Lipinski definition) is 1. The van der Waals surface area contributed by atoms with Crippen LogP contribution in [0.1, 0.15) is 5.56 Å². The zero-order valence-corrected chi connectivity index (χ0v) is 15.5. The highest BCUT2D eigenvalue weighted by Crippen LogP contribution is 2.31. The fourth-order valence-electron chi connectivity index (χ4n) is 2.99. The van der Waals surface area contributed by atoms with Crippen molar-refractivity contribution < 1.29 is 13.9 Å². The number of aromatic nitrogens is 3. The van der Waals surface area contributed by atoms with E-state index < -0.39 is 0 Å². The summed E-state index contributed by atoms with van der Waals surface area (Å²) in [7, 11) is 3.16. The van der Waals surface area contributed by atoms with Crippen LogP contribution in [0.4, 0.5) is 10.2 Å². The lowest BCUT2D eigenvalue weighted by molar-refractivity contribution is 0.389. The van der Waals surface area contributed by atoms with E-state index in [0.717, 1.165) is 11.3 Å². The number of imidazole rings is 1. The molecule has 0 spiro atoms. The van der Waals surface area contributed by atoms with Crippen LogP contribution in [0.25, 0.3) is 16.9 Å². The number of hydrogen-bond acceptors (Lipinski definition) is 5. The molecule has 0 saturated heterocycles. The molecule has 142 valence electrons. The van der Waals surface area contributed by atoms with Gasteiger partial charge < -0.3 is 14.8 Å². The lowest BCUT2D eigenvalue weighted by atomic mass is 10.1. The zero-order chi connectivity index (χ0) is 19.5. The Labute approximate surface area is 161 Å². The summed E-state index contributed by atoms with van der Waals surface area (Å²) >= 11 is 0. The number of nitrogens with one attached hydrogen (secondary N) is 1. The molecule has 2 aromatic heterocycles. The third-order valence-corrected chi connectivity index (χ3v) is 4.37. The van der Waals surface area contributed by atoms with Crippen LogP contribution in [0, 0.1) is 5.82 Å². The highest BCUT2D eigenvalue weighted by Gasteiger charge is 2.18. The van der Waals surface area contributed by atoms with E-state index >= 15 is 0 Å². The monoisotopic (exact) mass is 378 g/mol. The molecule has 0 fully saturated rings. The van der Waals surface area contributed by atoms with Crippen LogP contribution in [0.2, 0.25) is 0 Å². The Balaban J connectivity index is 1.66. The van der Waals surface area contributed by atoms with Crippen LogP contribution in [0.3, 0.4) is 0 Å². The summed E-state index contributed by atoms with van der Waals surface area (Å²) in [6.45, 7) is 0.576. The second kappa shape index (κ2) is 7.56. The SMILES string of the molecule is COc1cccc(CNc2ccc3nc(-c4ccccc4F)c(OC)n3n2)c1. The zero-order valence-electron chi connectivity index (χ0n) is 15.5. The summed E-state index contributed by atoms with van der Waals surface area (Å²) in [5.74, 6) is 1.46. The van der Waals surface area contributed by atoms with Crippen molar-refractivity contribution in [1.29, 1.82) is 0 Å². The van der Waals surface area contributed by atoms with Gasteiger partial charge in [0.15, 0.2) is 5.65 Å². The minimum atomic E-state index is -0.361. The normalized spacial score (nSPS) is 10.8. The predicted octanol–water partition coefficient (Wildman–Crippen LogP) is 4.16. The van der Waals surface area contributed by atoms with Gasteiger partial charge in [0.25, 0.3) is 0 Å². The van der Waals surface area contributed by atoms with Gasteiger partial charge in [-0.1, -0.05) is 24.3 Å². The van der Waals surface area contributed by atoms with Crippen molar-refractivity contribution in [3.8, 4) is 22.9 Å². The molecule has 7 heteroatoms. The molecule has 0 amide bonds. The third kappa shape index (κ3) is 3.34. The van der Waals surface area contributed by atoms with Crippen LogP contribution in [-0.2, 0) is 6.54 Å². The number of halogens is 1. The van der Waals surface area contributed by atoms with Crippen molar-refractivity contribution in [2.24, 2.45) is 0 Å². The maximum absolute atomic E-state index is 14.2. The van der Waals surface area contributed by atoms with E-state index in [9.17, 15) is 4.39 Å². The Bertz CT molecular complexity index is 1130. The summed E-state index contributed by atoms with van der Waals surface area (Å²) in [4.78, 5) is 4.49. The average molecular weight is 378 g/mol. The molecule has 0 aliphatic rings. The summed E-state index contributed by atoms with van der Waals surface area (Å²) < 4.78 is 26.5. The van der Waals surface area contributed by atoms with E-state index in [4.69, 9.17) is 9.47 Å². The number of benzene rings is 2. The lowest BCUT2D eigenvalue weighted by Crippen LogP contribution is -2.05. The third-order valence-electron chi connectivity index (χ3n) is 4.37. The van der Waals surface area contributed by atoms with Crippen LogP contribution in [-0.4, -0.2) is 28.8 Å². The molecule has 4 rings (SSSR count). The van der Waals surface area contributed by atoms with E-state index in [1.165, 1.54) is 13.2 Å². The summed E-state index contributed by atoms with van der Waals surface area (Å²) in [5.41, 5.74) is 2.42. The Kier molecular flexibility index (Phi) is 4.80. The number of nitrogens with zero attached hydrogens (tertiary/aromatic N) is 3. The molecule has 2 heterocycles. The van der Waals surface area contributed by atoms with Gasteiger partial charge >= 0.3 is 0 Å². The van der Waals surface area contributed by atoms with Crippen LogP contribution in [0.5, 0.6) is 11.6 Å². The van der Waals surface area contributed by atoms with E-state index in [2.05, 4.69) is 15.4 Å². The first-order valence-electron chi connectivity index (χ1n) is 8.75. The van der Waals surface area contributed by atoms with Crippen LogP contribution >= 0.6 is 0 Å². The maximum atomic E-state index is 14.2. The molecule has 1 N–H and O–H groups in total. The van der Waals surface area contributed by atoms with Gasteiger partial charge in [-0.15, -0.1) is 5.10 Å². The second-order valence-electron chi connectivity index (χ2n) is 6.14. The van der Waals surface area contributed by atoms with Crippen molar-refractivity contribution in [2.75, 3.05) is 19.5 Å². The molecule has 0 radical (unpaired) electrons. The average Bonchev–Trinajstić information content (AvgIpc) is 3.10. The smallest absolute Gasteiger partial charge is 0.243 e. The molecule has 28 heavy (non-hydrogen) atoms. The van der Waals surface area contributed by atoms with Gasteiger partial charge in [0.1, 0.15) is 23.1 Å². The second-order valence-corrected chi connectivity index (χ2v) is 6.14. The van der Waals surface area contributed by atoms with Gasteiger partial charge in [-0.25, -0.2) is 9.37 Å². The molecule has 0 atom stereocenters. The molecule has 6 nitrogen and oxygen atoms in total. The van der Waals surface area contributed by atoms with Crippen molar-refractivity contribution in [2.45, 2.75) is 6.54 Å². The van der Waals surface area contributed by atoms with Gasteiger partial charge in [0, 0.05) is 12.1 Å². The first-order chi connectivity index (χ1) is 13.7. The highest BCUT2D eigenvalue weighted by atomic mass is 19.1. The number of fused-ring (bicyclic) bond motifs is 1. The molecule has 0 bridgehead atoms. The standard InChI is InChI=1S/C21H19FN4O2/c1-27-15-7-5-6-14(12-15)13-23-18-10-11-19-24-20(21(28-2)26(19)25-18)16-8-3-4-9-17(16)22/h3-12H,13H2,1-2H3,(H,23,25). The molecule has 0 aliphatic heterocycles. The fourth-order valence-corrected chi connectivity index (χ4v) is 2.99. The predicted molar refractivity (Wildman–Crippen MR) is 105 cm³/mol. The number of methoxy groups -OCH3 is 2. The highest BCUT2D eigenvalue weighted by molar-refractivity contribution is 5.70. The Morgan fingerprint density at radius 2 is 1.86 bits per heavy atom. The fraction of sp³-hybridized carbons (Fsp3) is 0.143. The van der Waals surface area contributed by atoms with Gasteiger partial charge in [-0.3, -0.25) is 0 Å². The number of rotatable bonds is 6. The lowest BCUT2D eigenvalue weighted by Gasteiger charge is -2.08. The minimum Gasteiger partial charge on any atom is -0.497 e. The van der Waals surface area contributed by atoms with Gasteiger partial charge in [0.05, 0.1) is 14.2 Å². The van der Waals surface area contributed by atoms with E-state index in [1.54, 1.807) is 29.8 Å². The van der Waals surface area contributed by atoms with E-state index in [0.29, 0.717) is 35.1 Å². The van der Waals surface area contributed by atoms with Crippen molar-refractivity contribution >= 4 is 11.5 Å². The van der Waals surface area contributed by atoms with E-state index in [-0.39, 0.29) is 5.82 Å². The Morgan fingerprint density at radius 3 is 2.64 bits per heavy atom. The molecular weight excluding hydrogens is 359 g/mol. The summed E-state index contributed by atoms with van der Waals surface area (Å²) in [6.07, 6.45) is 0. The van der Waals surface area contributed by atoms with Crippen molar-refractivity contribution in [3.63, 3.8) is 0 Å². The molecule has 0 aliphatic carbocycles. The van der Waals surface area contributed by atoms with Crippen LogP contribution < -0.4 is 14.8 Å². The van der Waals surface area contributed by atoms with Crippen molar-refractivity contribution in [3.05, 3.63) is 72.0 Å². The maximum Gasteiger partial charge on any atom is 0.243 e. The number of anilines is 1. The van der Waals surface area contributed by atoms with Crippen LogP contribution in [0.15, 0.2) is 60.7 Å². The Morgan fingerprint density at radius 1 is 1.00 bits per heavy atom. The summed E-state index contributed by atoms with van der Waals surface area (Å²) in [6, 6.07) is 17.9. The molecule has 0 saturated carbocycles. The number of ether oxygens (including phenoxy) is 2. The Hall–Kier alpha value is -3.61. The molecular formula is C21H19FN4O2. The van der Waals surface area contributed by atoms with Gasteiger partial charge in [-0.2, -0.15) is 4.52 Å². The first-order valence-corrected chi connectivity index (χ1v) is 8.75. The molecule has 0 unspecified atom stereocenters. The van der Waals surface area contributed by atoms with Gasteiger partial charge in [-0.05, 0) is 42.0 Å². The molecule has 2 aromatic carbocycles. The minimum absolute atomic E-state index is 0.361.